The molecular formula is C31H21N2O+. The zero-order valence-corrected chi connectivity index (χ0v) is 19.0. The molecule has 8 rings (SSSR count). The molecule has 3 heterocycles. The molecule has 0 amide bonds. The molecule has 0 aliphatic heterocycles. The molecule has 0 aliphatic rings. The summed E-state index contributed by atoms with van der Waals surface area (Å²) in [5.41, 5.74) is 7.94. The van der Waals surface area contributed by atoms with Crippen LogP contribution in [-0.4, -0.2) is 4.40 Å². The smallest absolute Gasteiger partial charge is 0.295 e. The Balaban J connectivity index is 1.71. The van der Waals surface area contributed by atoms with E-state index in [0.717, 1.165) is 11.2 Å². The van der Waals surface area contributed by atoms with E-state index in [9.17, 15) is 0 Å². The average molecular weight is 438 g/mol. The van der Waals surface area contributed by atoms with Crippen LogP contribution in [0.4, 0.5) is 0 Å². The lowest BCUT2D eigenvalue weighted by Crippen LogP contribution is -2.27. The number of nitrogens with zero attached hydrogens (tertiary/aromatic N) is 2. The van der Waals surface area contributed by atoms with Crippen molar-refractivity contribution >= 4 is 71.1 Å². The molecule has 8 aromatic rings. The van der Waals surface area contributed by atoms with Crippen molar-refractivity contribution in [3.63, 3.8) is 0 Å². The normalized spacial score (nSPS) is 12.4. The summed E-state index contributed by atoms with van der Waals surface area (Å²) < 4.78 is 11.2. The van der Waals surface area contributed by atoms with E-state index < -0.39 is 0 Å². The third kappa shape index (κ3) is 2.10. The zero-order valence-electron chi connectivity index (χ0n) is 19.0. The molecule has 3 aromatic heterocycles. The van der Waals surface area contributed by atoms with Gasteiger partial charge in [-0.1, -0.05) is 60.7 Å². The number of hydrogen-bond acceptors (Lipinski definition) is 1. The topological polar surface area (TPSA) is 21.4 Å². The van der Waals surface area contributed by atoms with E-state index in [0.29, 0.717) is 0 Å². The molecule has 5 aromatic carbocycles. The Kier molecular flexibility index (Phi) is 3.27. The molecule has 0 saturated carbocycles. The lowest BCUT2D eigenvalue weighted by Gasteiger charge is -2.07. The molecule has 3 nitrogen and oxygen atoms in total. The first-order valence-corrected chi connectivity index (χ1v) is 11.7. The summed E-state index contributed by atoms with van der Waals surface area (Å²) >= 11 is 0. The van der Waals surface area contributed by atoms with E-state index in [1.807, 2.05) is 0 Å². The number of hydrogen-bond donors (Lipinski definition) is 0. The Labute approximate surface area is 195 Å². The van der Waals surface area contributed by atoms with Gasteiger partial charge in [0.1, 0.15) is 16.7 Å². The first-order chi connectivity index (χ1) is 16.7. The van der Waals surface area contributed by atoms with Gasteiger partial charge in [-0.3, -0.25) is 0 Å². The fourth-order valence-corrected chi connectivity index (χ4v) is 6.01. The molecular weight excluding hydrogens is 416 g/mol. The summed E-state index contributed by atoms with van der Waals surface area (Å²) in [5, 5.41) is 8.65. The molecule has 0 N–H and O–H groups in total. The second-order valence-corrected chi connectivity index (χ2v) is 9.33. The first kappa shape index (κ1) is 18.1. The van der Waals surface area contributed by atoms with E-state index in [1.54, 1.807) is 0 Å². The molecule has 34 heavy (non-hydrogen) atoms. The summed E-state index contributed by atoms with van der Waals surface area (Å²) in [4.78, 5) is 0. The third-order valence-corrected chi connectivity index (χ3v) is 7.52. The number of fused-ring (bicyclic) bond motifs is 13. The van der Waals surface area contributed by atoms with Crippen LogP contribution in [0.1, 0.15) is 5.56 Å². The van der Waals surface area contributed by atoms with Gasteiger partial charge in [0.2, 0.25) is 0 Å². The summed E-state index contributed by atoms with van der Waals surface area (Å²) in [6.07, 6.45) is 0. The van der Waals surface area contributed by atoms with E-state index in [1.165, 1.54) is 65.5 Å². The molecule has 0 aliphatic carbocycles. The maximum Gasteiger partial charge on any atom is 0.295 e. The van der Waals surface area contributed by atoms with Gasteiger partial charge in [-0.2, -0.15) is 4.40 Å². The van der Waals surface area contributed by atoms with Gasteiger partial charge < -0.3 is 4.42 Å². The zero-order chi connectivity index (χ0) is 22.6. The predicted octanol–water partition coefficient (Wildman–Crippen LogP) is 7.58. The molecule has 0 radical (unpaired) electrons. The average Bonchev–Trinajstić information content (AvgIpc) is 3.38. The minimum absolute atomic E-state index is 0.924. The highest BCUT2D eigenvalue weighted by atomic mass is 16.3. The van der Waals surface area contributed by atoms with Crippen molar-refractivity contribution < 1.29 is 8.98 Å². The number of rotatable bonds is 0. The van der Waals surface area contributed by atoms with Gasteiger partial charge in [-0.15, -0.1) is 0 Å². The van der Waals surface area contributed by atoms with Crippen LogP contribution in [0.15, 0.2) is 95.4 Å². The van der Waals surface area contributed by atoms with Crippen LogP contribution in [-0.2, 0) is 7.05 Å². The minimum atomic E-state index is 0.924. The second kappa shape index (κ2) is 6.15. The Morgan fingerprint density at radius 1 is 0.647 bits per heavy atom. The van der Waals surface area contributed by atoms with Crippen molar-refractivity contribution in [2.75, 3.05) is 0 Å². The van der Waals surface area contributed by atoms with Crippen molar-refractivity contribution in [2.45, 2.75) is 6.92 Å². The summed E-state index contributed by atoms with van der Waals surface area (Å²) in [5.74, 6) is 0. The van der Waals surface area contributed by atoms with Crippen LogP contribution < -0.4 is 4.57 Å². The number of imidazole rings is 1. The SMILES string of the molecule is Cc1cccc2c3cc4c(cc3n3c5ccccc5[n+](C)c3c12)oc1ccc2ccccc2c14. The maximum atomic E-state index is 6.45. The maximum absolute atomic E-state index is 6.45. The molecule has 0 atom stereocenters. The van der Waals surface area contributed by atoms with Crippen LogP contribution in [0.25, 0.3) is 71.1 Å². The summed E-state index contributed by atoms with van der Waals surface area (Å²) in [6, 6.07) is 32.7. The van der Waals surface area contributed by atoms with E-state index in [4.69, 9.17) is 4.42 Å². The molecule has 160 valence electrons. The van der Waals surface area contributed by atoms with E-state index >= 15 is 0 Å². The highest BCUT2D eigenvalue weighted by Gasteiger charge is 2.25. The van der Waals surface area contributed by atoms with Crippen LogP contribution in [0.2, 0.25) is 0 Å². The summed E-state index contributed by atoms with van der Waals surface area (Å²) in [6.45, 7) is 2.21. The highest BCUT2D eigenvalue weighted by molar-refractivity contribution is 6.23. The highest BCUT2D eigenvalue weighted by Crippen LogP contribution is 2.40. The van der Waals surface area contributed by atoms with Crippen LogP contribution in [0.5, 0.6) is 0 Å². The molecule has 0 bridgehead atoms. The predicted molar refractivity (Wildman–Crippen MR) is 141 cm³/mol. The van der Waals surface area contributed by atoms with Gasteiger partial charge in [0.25, 0.3) is 5.65 Å². The lowest BCUT2D eigenvalue weighted by molar-refractivity contribution is -0.617. The van der Waals surface area contributed by atoms with Gasteiger partial charge >= 0.3 is 0 Å². The van der Waals surface area contributed by atoms with Crippen molar-refractivity contribution in [2.24, 2.45) is 7.05 Å². The number of para-hydroxylation sites is 2. The largest absolute Gasteiger partial charge is 0.456 e. The number of aryl methyl sites for hydroxylation is 2. The molecule has 0 fully saturated rings. The van der Waals surface area contributed by atoms with Gasteiger partial charge in [0.05, 0.1) is 12.4 Å². The number of pyridine rings is 1. The van der Waals surface area contributed by atoms with Crippen molar-refractivity contribution in [3.05, 3.63) is 96.6 Å². The standard InChI is InChI=1S/C31H21N2O/c1-18-8-7-11-21-22-16-23-28(34-27-15-14-19-9-3-4-10-20(19)30(23)27)17-26(22)33-25-13-6-5-12-24(25)32(2)31(33)29(18)21/h3-17H,1-2H3/q+1. The number of benzene rings is 5. The van der Waals surface area contributed by atoms with Crippen LogP contribution in [0.3, 0.4) is 0 Å². The summed E-state index contributed by atoms with van der Waals surface area (Å²) in [7, 11) is 2.17. The van der Waals surface area contributed by atoms with Crippen molar-refractivity contribution in [3.8, 4) is 0 Å². The van der Waals surface area contributed by atoms with Crippen LogP contribution in [0, 0.1) is 6.92 Å². The van der Waals surface area contributed by atoms with Crippen molar-refractivity contribution in [1.82, 2.24) is 4.40 Å². The first-order valence-electron chi connectivity index (χ1n) is 11.7. The van der Waals surface area contributed by atoms with E-state index in [2.05, 4.69) is 114 Å². The minimum Gasteiger partial charge on any atom is -0.456 e. The van der Waals surface area contributed by atoms with Gasteiger partial charge in [0, 0.05) is 27.6 Å². The molecule has 3 heteroatoms. The fraction of sp³-hybridized carbons (Fsp3) is 0.0645. The third-order valence-electron chi connectivity index (χ3n) is 7.52. The molecule has 0 unspecified atom stereocenters. The number of aromatic nitrogens is 2. The fourth-order valence-electron chi connectivity index (χ4n) is 6.01. The van der Waals surface area contributed by atoms with E-state index in [-0.39, 0.29) is 0 Å². The Morgan fingerprint density at radius 2 is 1.47 bits per heavy atom. The second-order valence-electron chi connectivity index (χ2n) is 9.33. The van der Waals surface area contributed by atoms with Crippen LogP contribution >= 0.6 is 0 Å². The van der Waals surface area contributed by atoms with Crippen molar-refractivity contribution in [1.29, 1.82) is 0 Å². The lowest BCUT2D eigenvalue weighted by atomic mass is 9.99. The Hall–Kier alpha value is -4.37. The molecule has 0 saturated heterocycles. The van der Waals surface area contributed by atoms with Gasteiger partial charge in [-0.05, 0) is 47.5 Å². The van der Waals surface area contributed by atoms with Gasteiger partial charge in [0.15, 0.2) is 11.0 Å². The monoisotopic (exact) mass is 437 g/mol. The quantitative estimate of drug-likeness (QED) is 0.177. The number of furan rings is 1. The Morgan fingerprint density at radius 3 is 2.41 bits per heavy atom. The Bertz CT molecular complexity index is 2140. The molecule has 0 spiro atoms. The van der Waals surface area contributed by atoms with Gasteiger partial charge in [-0.25, -0.2) is 4.57 Å².